The quantitative estimate of drug-likeness (QED) is 0.681. The van der Waals surface area contributed by atoms with Crippen LogP contribution in [0.25, 0.3) is 0 Å². The first-order chi connectivity index (χ1) is 16.1. The van der Waals surface area contributed by atoms with Crippen molar-refractivity contribution < 1.29 is 14.3 Å². The van der Waals surface area contributed by atoms with Crippen LogP contribution in [0.2, 0.25) is 0 Å². The Morgan fingerprint density at radius 3 is 2.61 bits per heavy atom. The third-order valence-electron chi connectivity index (χ3n) is 8.30. The Bertz CT molecular complexity index is 976. The lowest BCUT2D eigenvalue weighted by Gasteiger charge is -2.60. The highest BCUT2D eigenvalue weighted by Crippen LogP contribution is 2.54. The van der Waals surface area contributed by atoms with E-state index in [4.69, 9.17) is 9.47 Å². The number of carbonyl (C=O) groups excluding carboxylic acids is 1. The fourth-order valence-electron chi connectivity index (χ4n) is 6.32. The van der Waals surface area contributed by atoms with Gasteiger partial charge < -0.3 is 19.7 Å². The van der Waals surface area contributed by atoms with Gasteiger partial charge in [-0.15, -0.1) is 0 Å². The molecule has 0 aromatic heterocycles. The van der Waals surface area contributed by atoms with E-state index < -0.39 is 0 Å². The highest BCUT2D eigenvalue weighted by molar-refractivity contribution is 5.94. The Balaban J connectivity index is 1.46. The first-order valence-electron chi connectivity index (χ1n) is 12.4. The predicted molar refractivity (Wildman–Crippen MR) is 130 cm³/mol. The molecule has 0 spiro atoms. The van der Waals surface area contributed by atoms with Crippen LogP contribution in [0.5, 0.6) is 5.75 Å². The third-order valence-corrected chi connectivity index (χ3v) is 8.30. The fraction of sp³-hybridized carbons (Fsp3) is 0.536. The topological polar surface area (TPSA) is 50.8 Å². The SMILES string of the molecule is COc1cccc(C23CCN(CC4CC4)CC2(OC)CCC(NC(=O)c2ccccc2)C3)c1. The van der Waals surface area contributed by atoms with Gasteiger partial charge >= 0.3 is 0 Å². The van der Waals surface area contributed by atoms with Gasteiger partial charge in [0, 0.05) is 37.2 Å². The number of methoxy groups -OCH3 is 2. The van der Waals surface area contributed by atoms with Crippen molar-refractivity contribution in [3.63, 3.8) is 0 Å². The second kappa shape index (κ2) is 9.11. The second-order valence-electron chi connectivity index (χ2n) is 10.2. The van der Waals surface area contributed by atoms with Crippen molar-refractivity contribution in [3.8, 4) is 5.75 Å². The molecule has 1 amide bonds. The van der Waals surface area contributed by atoms with Crippen molar-refractivity contribution in [1.29, 1.82) is 0 Å². The molecule has 3 aliphatic rings. The Morgan fingerprint density at radius 1 is 1.06 bits per heavy atom. The zero-order chi connectivity index (χ0) is 22.9. The molecule has 0 radical (unpaired) electrons. The van der Waals surface area contributed by atoms with E-state index in [0.29, 0.717) is 0 Å². The van der Waals surface area contributed by atoms with Crippen molar-refractivity contribution in [1.82, 2.24) is 10.2 Å². The van der Waals surface area contributed by atoms with Gasteiger partial charge in [0.15, 0.2) is 0 Å². The van der Waals surface area contributed by atoms with Gasteiger partial charge in [0.2, 0.25) is 0 Å². The number of hydrogen-bond acceptors (Lipinski definition) is 4. The second-order valence-corrected chi connectivity index (χ2v) is 10.2. The first-order valence-corrected chi connectivity index (χ1v) is 12.4. The zero-order valence-corrected chi connectivity index (χ0v) is 19.9. The first kappa shape index (κ1) is 22.4. The molecule has 2 aromatic rings. The van der Waals surface area contributed by atoms with Crippen molar-refractivity contribution in [2.75, 3.05) is 33.9 Å². The van der Waals surface area contributed by atoms with Gasteiger partial charge in [0.05, 0.1) is 12.7 Å². The predicted octanol–water partition coefficient (Wildman–Crippen LogP) is 4.42. The highest BCUT2D eigenvalue weighted by atomic mass is 16.5. The molecule has 1 N–H and O–H groups in total. The van der Waals surface area contributed by atoms with Gasteiger partial charge in [0.1, 0.15) is 5.75 Å². The van der Waals surface area contributed by atoms with E-state index in [-0.39, 0.29) is 23.0 Å². The molecular weight excluding hydrogens is 412 g/mol. The number of hydrogen-bond donors (Lipinski definition) is 1. The zero-order valence-electron chi connectivity index (χ0n) is 19.9. The summed E-state index contributed by atoms with van der Waals surface area (Å²) in [5.74, 6) is 1.75. The molecule has 5 nitrogen and oxygen atoms in total. The van der Waals surface area contributed by atoms with Gasteiger partial charge in [0.25, 0.3) is 5.91 Å². The smallest absolute Gasteiger partial charge is 0.251 e. The molecule has 5 rings (SSSR count). The lowest BCUT2D eigenvalue weighted by atomic mass is 9.55. The molecule has 3 fully saturated rings. The molecule has 33 heavy (non-hydrogen) atoms. The summed E-state index contributed by atoms with van der Waals surface area (Å²) in [6.07, 6.45) is 6.50. The Labute approximate surface area is 197 Å². The normalized spacial score (nSPS) is 29.8. The number of nitrogens with one attached hydrogen (secondary N) is 1. The van der Waals surface area contributed by atoms with Crippen molar-refractivity contribution in [3.05, 3.63) is 65.7 Å². The van der Waals surface area contributed by atoms with Crippen LogP contribution in [-0.4, -0.2) is 56.3 Å². The van der Waals surface area contributed by atoms with E-state index >= 15 is 0 Å². The van der Waals surface area contributed by atoms with E-state index in [1.165, 1.54) is 24.9 Å². The average molecular weight is 449 g/mol. The minimum absolute atomic E-state index is 0.0116. The largest absolute Gasteiger partial charge is 0.497 e. The summed E-state index contributed by atoms with van der Waals surface area (Å²) < 4.78 is 12.1. The number of piperidine rings is 1. The van der Waals surface area contributed by atoms with E-state index in [1.807, 2.05) is 43.5 Å². The highest BCUT2D eigenvalue weighted by Gasteiger charge is 2.59. The number of rotatable bonds is 7. The van der Waals surface area contributed by atoms with Crippen molar-refractivity contribution in [2.24, 2.45) is 5.92 Å². The average Bonchev–Trinajstić information content (AvgIpc) is 3.68. The minimum Gasteiger partial charge on any atom is -0.497 e. The van der Waals surface area contributed by atoms with Crippen LogP contribution in [0.4, 0.5) is 0 Å². The summed E-state index contributed by atoms with van der Waals surface area (Å²) in [6.45, 7) is 3.21. The molecule has 2 aromatic carbocycles. The summed E-state index contributed by atoms with van der Waals surface area (Å²) in [5, 5.41) is 3.35. The van der Waals surface area contributed by atoms with Crippen LogP contribution in [0.1, 0.15) is 54.4 Å². The van der Waals surface area contributed by atoms with E-state index in [2.05, 4.69) is 28.4 Å². The number of benzene rings is 2. The summed E-state index contributed by atoms with van der Waals surface area (Å²) in [7, 11) is 3.61. The maximum absolute atomic E-state index is 13.0. The van der Waals surface area contributed by atoms with E-state index in [1.54, 1.807) is 7.11 Å². The Morgan fingerprint density at radius 2 is 1.88 bits per heavy atom. The molecule has 1 aliphatic heterocycles. The lowest BCUT2D eigenvalue weighted by Crippen LogP contribution is -2.68. The summed E-state index contributed by atoms with van der Waals surface area (Å²) in [4.78, 5) is 15.6. The molecule has 3 unspecified atom stereocenters. The maximum atomic E-state index is 13.0. The fourth-order valence-corrected chi connectivity index (χ4v) is 6.32. The van der Waals surface area contributed by atoms with Crippen LogP contribution in [-0.2, 0) is 10.2 Å². The van der Waals surface area contributed by atoms with Crippen molar-refractivity contribution >= 4 is 5.91 Å². The van der Waals surface area contributed by atoms with Gasteiger partial charge in [-0.3, -0.25) is 4.79 Å². The molecule has 176 valence electrons. The van der Waals surface area contributed by atoms with Gasteiger partial charge in [-0.05, 0) is 80.8 Å². The third kappa shape index (κ3) is 4.29. The van der Waals surface area contributed by atoms with Crippen LogP contribution in [0.15, 0.2) is 54.6 Å². The molecule has 2 aliphatic carbocycles. The maximum Gasteiger partial charge on any atom is 0.251 e. The summed E-state index contributed by atoms with van der Waals surface area (Å²) >= 11 is 0. The molecule has 0 bridgehead atoms. The molecule has 1 saturated heterocycles. The summed E-state index contributed by atoms with van der Waals surface area (Å²) in [5.41, 5.74) is 1.56. The standard InChI is InChI=1S/C28H36N2O3/c1-32-25-10-6-9-23(17-25)27-15-16-30(19-21-11-12-21)20-28(27,33-2)14-13-24(18-27)29-26(31)22-7-4-3-5-8-22/h3-10,17,21,24H,11-16,18-20H2,1-2H3,(H,29,31). The molecular formula is C28H36N2O3. The monoisotopic (exact) mass is 448 g/mol. The van der Waals surface area contributed by atoms with Crippen LogP contribution < -0.4 is 10.1 Å². The molecule has 2 saturated carbocycles. The molecule has 1 heterocycles. The van der Waals surface area contributed by atoms with Gasteiger partial charge in [-0.1, -0.05) is 30.3 Å². The Kier molecular flexibility index (Phi) is 6.19. The minimum atomic E-state index is -0.263. The number of fused-ring (bicyclic) bond motifs is 1. The number of ether oxygens (including phenoxy) is 2. The van der Waals surface area contributed by atoms with E-state index in [0.717, 1.165) is 56.0 Å². The van der Waals surface area contributed by atoms with Crippen LogP contribution in [0.3, 0.4) is 0 Å². The molecule has 3 atom stereocenters. The number of nitrogens with zero attached hydrogens (tertiary/aromatic N) is 1. The van der Waals surface area contributed by atoms with E-state index in [9.17, 15) is 4.79 Å². The van der Waals surface area contributed by atoms with Gasteiger partial charge in [-0.25, -0.2) is 0 Å². The molecule has 5 heteroatoms. The van der Waals surface area contributed by atoms with Crippen LogP contribution in [0, 0.1) is 5.92 Å². The number of carbonyl (C=O) groups is 1. The van der Waals surface area contributed by atoms with Crippen LogP contribution >= 0.6 is 0 Å². The van der Waals surface area contributed by atoms with Crippen molar-refractivity contribution in [2.45, 2.75) is 55.6 Å². The summed E-state index contributed by atoms with van der Waals surface area (Å²) in [6, 6.07) is 18.2. The number of likely N-dealkylation sites (tertiary alicyclic amines) is 1. The van der Waals surface area contributed by atoms with Gasteiger partial charge in [-0.2, -0.15) is 0 Å². The Hall–Kier alpha value is -2.37. The lowest BCUT2D eigenvalue weighted by molar-refractivity contribution is -0.148. The number of amides is 1.